The van der Waals surface area contributed by atoms with Crippen LogP contribution in [0.1, 0.15) is 31.0 Å². The van der Waals surface area contributed by atoms with Gasteiger partial charge in [-0.1, -0.05) is 13.8 Å². The van der Waals surface area contributed by atoms with Crippen LogP contribution in [0, 0.1) is 6.92 Å². The molecule has 0 saturated heterocycles. The first-order valence-corrected chi connectivity index (χ1v) is 4.90. The molecule has 2 aromatic rings. The molecule has 0 spiro atoms. The number of nitrogens with zero attached hydrogens (tertiary/aromatic N) is 3. The van der Waals surface area contributed by atoms with Crippen LogP contribution in [0.5, 0.6) is 0 Å². The van der Waals surface area contributed by atoms with Gasteiger partial charge in [-0.3, -0.25) is 0 Å². The zero-order valence-electron chi connectivity index (χ0n) is 9.15. The standard InChI is InChI=1S/C10H15N5/c1-5(2)7-6(3)14-10(11)8-9(7)15(12)4-13-8/h4-5H,12H2,1-3H3,(H2,11,14). The number of hydrogen-bond donors (Lipinski definition) is 2. The van der Waals surface area contributed by atoms with Crippen molar-refractivity contribution in [3.8, 4) is 0 Å². The van der Waals surface area contributed by atoms with Gasteiger partial charge in [0.2, 0.25) is 0 Å². The third-order valence-electron chi connectivity index (χ3n) is 2.55. The van der Waals surface area contributed by atoms with E-state index < -0.39 is 0 Å². The second-order valence-electron chi connectivity index (χ2n) is 4.00. The van der Waals surface area contributed by atoms with Crippen molar-refractivity contribution >= 4 is 16.9 Å². The second kappa shape index (κ2) is 3.12. The minimum absolute atomic E-state index is 0.347. The molecule has 0 saturated carbocycles. The lowest BCUT2D eigenvalue weighted by Crippen LogP contribution is -2.10. The highest BCUT2D eigenvalue weighted by Crippen LogP contribution is 2.28. The maximum absolute atomic E-state index is 5.82. The molecule has 0 aromatic carbocycles. The van der Waals surface area contributed by atoms with Crippen LogP contribution in [0.15, 0.2) is 6.33 Å². The molecule has 0 aliphatic heterocycles. The van der Waals surface area contributed by atoms with Crippen LogP contribution in [0.4, 0.5) is 5.82 Å². The van der Waals surface area contributed by atoms with E-state index in [0.29, 0.717) is 17.3 Å². The quantitative estimate of drug-likeness (QED) is 0.684. The van der Waals surface area contributed by atoms with Crippen molar-refractivity contribution in [2.45, 2.75) is 26.7 Å². The number of anilines is 1. The maximum Gasteiger partial charge on any atom is 0.151 e. The summed E-state index contributed by atoms with van der Waals surface area (Å²) in [7, 11) is 0. The van der Waals surface area contributed by atoms with E-state index in [2.05, 4.69) is 23.8 Å². The molecule has 2 rings (SSSR count). The number of rotatable bonds is 1. The van der Waals surface area contributed by atoms with Crippen LogP contribution in [-0.4, -0.2) is 14.6 Å². The van der Waals surface area contributed by atoms with Crippen molar-refractivity contribution in [3.63, 3.8) is 0 Å². The topological polar surface area (TPSA) is 82.8 Å². The zero-order valence-corrected chi connectivity index (χ0v) is 9.15. The number of aromatic nitrogens is 3. The molecule has 2 aromatic heterocycles. The van der Waals surface area contributed by atoms with E-state index in [4.69, 9.17) is 11.6 Å². The SMILES string of the molecule is Cc1nc(N)c2ncn(N)c2c1C(C)C. The van der Waals surface area contributed by atoms with Gasteiger partial charge in [0.1, 0.15) is 11.8 Å². The predicted octanol–water partition coefficient (Wildman–Crippen LogP) is 1.16. The number of fused-ring (bicyclic) bond motifs is 1. The summed E-state index contributed by atoms with van der Waals surface area (Å²) < 4.78 is 1.51. The molecule has 2 heterocycles. The fourth-order valence-electron chi connectivity index (χ4n) is 1.97. The lowest BCUT2D eigenvalue weighted by Gasteiger charge is -2.12. The first kappa shape index (κ1) is 9.76. The predicted molar refractivity (Wildman–Crippen MR) is 60.9 cm³/mol. The van der Waals surface area contributed by atoms with Crippen LogP contribution >= 0.6 is 0 Å². The first-order chi connectivity index (χ1) is 7.02. The molecular formula is C10H15N5. The molecular weight excluding hydrogens is 190 g/mol. The van der Waals surface area contributed by atoms with Crippen molar-refractivity contribution in [2.75, 3.05) is 11.6 Å². The van der Waals surface area contributed by atoms with Gasteiger partial charge >= 0.3 is 0 Å². The van der Waals surface area contributed by atoms with E-state index in [9.17, 15) is 0 Å². The number of nitrogen functional groups attached to an aromatic ring is 2. The Bertz CT molecular complexity index is 512. The van der Waals surface area contributed by atoms with Gasteiger partial charge in [0.25, 0.3) is 0 Å². The number of nitrogens with two attached hydrogens (primary N) is 2. The summed E-state index contributed by atoms with van der Waals surface area (Å²) in [5, 5.41) is 0. The lowest BCUT2D eigenvalue weighted by atomic mass is 10.0. The van der Waals surface area contributed by atoms with E-state index in [1.54, 1.807) is 6.33 Å². The second-order valence-corrected chi connectivity index (χ2v) is 4.00. The van der Waals surface area contributed by atoms with Crippen molar-refractivity contribution in [1.82, 2.24) is 14.6 Å². The van der Waals surface area contributed by atoms with Gasteiger partial charge in [-0.2, -0.15) is 0 Å². The highest BCUT2D eigenvalue weighted by molar-refractivity contribution is 5.88. The monoisotopic (exact) mass is 205 g/mol. The summed E-state index contributed by atoms with van der Waals surface area (Å²) in [6.07, 6.45) is 1.56. The van der Waals surface area contributed by atoms with Gasteiger partial charge in [0.15, 0.2) is 5.82 Å². The van der Waals surface area contributed by atoms with Gasteiger partial charge in [0, 0.05) is 11.3 Å². The number of pyridine rings is 1. The highest BCUT2D eigenvalue weighted by atomic mass is 15.3. The van der Waals surface area contributed by atoms with Crippen molar-refractivity contribution in [2.24, 2.45) is 0 Å². The van der Waals surface area contributed by atoms with E-state index in [1.807, 2.05) is 6.92 Å². The molecule has 5 nitrogen and oxygen atoms in total. The Kier molecular flexibility index (Phi) is 2.03. The lowest BCUT2D eigenvalue weighted by molar-refractivity contribution is 0.844. The van der Waals surface area contributed by atoms with E-state index in [-0.39, 0.29) is 0 Å². The zero-order chi connectivity index (χ0) is 11.2. The summed E-state index contributed by atoms with van der Waals surface area (Å²) in [5.41, 5.74) is 9.40. The summed E-state index contributed by atoms with van der Waals surface area (Å²) in [4.78, 5) is 8.44. The highest BCUT2D eigenvalue weighted by Gasteiger charge is 2.16. The molecule has 0 aliphatic rings. The van der Waals surface area contributed by atoms with Crippen LogP contribution in [0.25, 0.3) is 11.0 Å². The molecule has 5 heteroatoms. The Morgan fingerprint density at radius 3 is 2.67 bits per heavy atom. The molecule has 15 heavy (non-hydrogen) atoms. The van der Waals surface area contributed by atoms with Crippen molar-refractivity contribution in [1.29, 1.82) is 0 Å². The normalized spacial score (nSPS) is 11.5. The van der Waals surface area contributed by atoms with Crippen LogP contribution in [0.3, 0.4) is 0 Å². The number of imidazole rings is 1. The smallest absolute Gasteiger partial charge is 0.151 e. The van der Waals surface area contributed by atoms with Gasteiger partial charge < -0.3 is 11.6 Å². The van der Waals surface area contributed by atoms with Crippen LogP contribution < -0.4 is 11.6 Å². The fourth-order valence-corrected chi connectivity index (χ4v) is 1.97. The van der Waals surface area contributed by atoms with Gasteiger partial charge in [-0.05, 0) is 12.8 Å². The summed E-state index contributed by atoms with van der Waals surface area (Å²) in [6.45, 7) is 6.15. The van der Waals surface area contributed by atoms with Crippen LogP contribution in [-0.2, 0) is 0 Å². The molecule has 80 valence electrons. The molecule has 0 radical (unpaired) electrons. The molecule has 4 N–H and O–H groups in total. The average molecular weight is 205 g/mol. The van der Waals surface area contributed by atoms with Gasteiger partial charge in [-0.15, -0.1) is 0 Å². The van der Waals surface area contributed by atoms with Crippen molar-refractivity contribution < 1.29 is 0 Å². The average Bonchev–Trinajstić information content (AvgIpc) is 2.48. The van der Waals surface area contributed by atoms with E-state index in [1.165, 1.54) is 4.68 Å². The molecule has 0 atom stereocenters. The summed E-state index contributed by atoms with van der Waals surface area (Å²) in [6, 6.07) is 0. The third-order valence-corrected chi connectivity index (χ3v) is 2.55. The van der Waals surface area contributed by atoms with E-state index in [0.717, 1.165) is 16.8 Å². The summed E-state index contributed by atoms with van der Waals surface area (Å²) in [5.74, 6) is 6.61. The number of hydrogen-bond acceptors (Lipinski definition) is 4. The molecule has 0 bridgehead atoms. The van der Waals surface area contributed by atoms with Gasteiger partial charge in [0.05, 0.1) is 5.52 Å². The number of aryl methyl sites for hydroxylation is 1. The Balaban J connectivity index is 2.93. The fraction of sp³-hybridized carbons (Fsp3) is 0.400. The van der Waals surface area contributed by atoms with Crippen LogP contribution in [0.2, 0.25) is 0 Å². The Labute approximate surface area is 88.1 Å². The third kappa shape index (κ3) is 1.31. The molecule has 0 aliphatic carbocycles. The first-order valence-electron chi connectivity index (χ1n) is 4.90. The molecule has 0 amide bonds. The maximum atomic E-state index is 5.82. The Hall–Kier alpha value is -1.78. The van der Waals surface area contributed by atoms with E-state index >= 15 is 0 Å². The Morgan fingerprint density at radius 2 is 2.07 bits per heavy atom. The Morgan fingerprint density at radius 1 is 1.40 bits per heavy atom. The minimum Gasteiger partial charge on any atom is -0.382 e. The van der Waals surface area contributed by atoms with Crippen molar-refractivity contribution in [3.05, 3.63) is 17.6 Å². The minimum atomic E-state index is 0.347. The molecule has 0 fully saturated rings. The molecule has 0 unspecified atom stereocenters. The largest absolute Gasteiger partial charge is 0.382 e. The summed E-state index contributed by atoms with van der Waals surface area (Å²) >= 11 is 0. The van der Waals surface area contributed by atoms with Gasteiger partial charge in [-0.25, -0.2) is 14.6 Å².